The molecular weight excluding hydrogens is 377 g/mol. The number of sulfone groups is 1. The van der Waals surface area contributed by atoms with E-state index >= 15 is 0 Å². The summed E-state index contributed by atoms with van der Waals surface area (Å²) >= 11 is 4.53. The van der Waals surface area contributed by atoms with Crippen LogP contribution in [-0.2, 0) is 9.84 Å². The maximum absolute atomic E-state index is 13.2. The Morgan fingerprint density at radius 1 is 1.14 bits per heavy atom. The van der Waals surface area contributed by atoms with Crippen molar-refractivity contribution in [2.24, 2.45) is 0 Å². The molecule has 0 saturated heterocycles. The van der Waals surface area contributed by atoms with E-state index in [-0.39, 0.29) is 10.6 Å². The van der Waals surface area contributed by atoms with Crippen molar-refractivity contribution in [3.63, 3.8) is 0 Å². The third-order valence-corrected chi connectivity index (χ3v) is 6.18. The molecule has 0 aromatic heterocycles. The lowest BCUT2D eigenvalue weighted by molar-refractivity contribution is 0.597. The van der Waals surface area contributed by atoms with Gasteiger partial charge in [-0.2, -0.15) is 0 Å². The van der Waals surface area contributed by atoms with Crippen molar-refractivity contribution in [1.82, 2.24) is 0 Å². The lowest BCUT2D eigenvalue weighted by atomic mass is 10.3. The van der Waals surface area contributed by atoms with Gasteiger partial charge in [0.05, 0.1) is 10.6 Å². The Balaban J connectivity index is 2.00. The third-order valence-electron chi connectivity index (χ3n) is 2.69. The van der Waals surface area contributed by atoms with Gasteiger partial charge in [0.1, 0.15) is 5.82 Å². The first-order chi connectivity index (χ1) is 9.87. The van der Waals surface area contributed by atoms with E-state index in [1.165, 1.54) is 23.9 Å². The van der Waals surface area contributed by atoms with Crippen LogP contribution in [0.4, 0.5) is 10.1 Å². The fourth-order valence-electron chi connectivity index (χ4n) is 1.70. The fraction of sp³-hybridized carbons (Fsp3) is 0.143. The Hall–Kier alpha value is -1.05. The van der Waals surface area contributed by atoms with Gasteiger partial charge in [0, 0.05) is 20.8 Å². The summed E-state index contributed by atoms with van der Waals surface area (Å²) in [6.45, 7) is 0. The second-order valence-corrected chi connectivity index (χ2v) is 8.53. The van der Waals surface area contributed by atoms with Crippen LogP contribution in [0, 0.1) is 5.82 Å². The van der Waals surface area contributed by atoms with Gasteiger partial charge in [-0.1, -0.05) is 15.9 Å². The largest absolute Gasteiger partial charge is 0.399 e. The smallest absolute Gasteiger partial charge is 0.179 e. The summed E-state index contributed by atoms with van der Waals surface area (Å²) in [5, 5.41) is 0. The number of rotatable bonds is 5. The van der Waals surface area contributed by atoms with Crippen molar-refractivity contribution in [2.75, 3.05) is 17.2 Å². The van der Waals surface area contributed by atoms with Crippen molar-refractivity contribution in [3.8, 4) is 0 Å². The third kappa shape index (κ3) is 4.72. The molecule has 2 rings (SSSR count). The Kier molecular flexibility index (Phi) is 5.29. The molecule has 0 radical (unpaired) electrons. The van der Waals surface area contributed by atoms with Crippen molar-refractivity contribution in [1.29, 1.82) is 0 Å². The highest BCUT2D eigenvalue weighted by atomic mass is 79.9. The van der Waals surface area contributed by atoms with E-state index < -0.39 is 15.7 Å². The van der Waals surface area contributed by atoms with Crippen LogP contribution in [0.25, 0.3) is 0 Å². The van der Waals surface area contributed by atoms with Crippen LogP contribution in [0.5, 0.6) is 0 Å². The molecule has 0 amide bonds. The Morgan fingerprint density at radius 2 is 1.81 bits per heavy atom. The zero-order valence-electron chi connectivity index (χ0n) is 10.9. The SMILES string of the molecule is Nc1cc(F)cc(SCCS(=O)(=O)c2ccc(Br)cc2)c1. The fourth-order valence-corrected chi connectivity index (χ4v) is 4.61. The molecule has 3 nitrogen and oxygen atoms in total. The first-order valence-corrected chi connectivity index (χ1v) is 9.47. The molecule has 0 aliphatic heterocycles. The maximum atomic E-state index is 13.2. The van der Waals surface area contributed by atoms with Crippen LogP contribution in [-0.4, -0.2) is 19.9 Å². The number of nitrogens with two attached hydrogens (primary N) is 1. The molecule has 0 spiro atoms. The van der Waals surface area contributed by atoms with Crippen molar-refractivity contribution in [3.05, 3.63) is 52.8 Å². The topological polar surface area (TPSA) is 60.2 Å². The molecule has 112 valence electrons. The first kappa shape index (κ1) is 16.3. The maximum Gasteiger partial charge on any atom is 0.179 e. The quantitative estimate of drug-likeness (QED) is 0.624. The minimum atomic E-state index is -3.33. The highest BCUT2D eigenvalue weighted by Gasteiger charge is 2.14. The van der Waals surface area contributed by atoms with Crippen molar-refractivity contribution in [2.45, 2.75) is 9.79 Å². The van der Waals surface area contributed by atoms with E-state index in [2.05, 4.69) is 15.9 Å². The molecular formula is C14H13BrFNO2S2. The Labute approximate surface area is 135 Å². The summed E-state index contributed by atoms with van der Waals surface area (Å²) in [7, 11) is -3.33. The molecule has 21 heavy (non-hydrogen) atoms. The van der Waals surface area contributed by atoms with Gasteiger partial charge in [0.2, 0.25) is 0 Å². The summed E-state index contributed by atoms with van der Waals surface area (Å²) in [6, 6.07) is 10.7. The molecule has 0 aliphatic carbocycles. The second kappa shape index (κ2) is 6.81. The molecule has 0 saturated carbocycles. The normalized spacial score (nSPS) is 11.5. The van der Waals surface area contributed by atoms with Gasteiger partial charge in [0.25, 0.3) is 0 Å². The summed E-state index contributed by atoms with van der Waals surface area (Å²) in [5.41, 5.74) is 5.87. The Bertz CT molecular complexity index is 713. The molecule has 0 bridgehead atoms. The Morgan fingerprint density at radius 3 is 2.43 bits per heavy atom. The molecule has 0 heterocycles. The molecule has 0 atom stereocenters. The molecule has 2 aromatic rings. The molecule has 0 unspecified atom stereocenters. The van der Waals surface area contributed by atoms with E-state index in [0.29, 0.717) is 16.3 Å². The van der Waals surface area contributed by atoms with E-state index in [1.807, 2.05) is 0 Å². The number of hydrogen-bond donors (Lipinski definition) is 1. The van der Waals surface area contributed by atoms with Crippen molar-refractivity contribution < 1.29 is 12.8 Å². The van der Waals surface area contributed by atoms with E-state index in [9.17, 15) is 12.8 Å². The lowest BCUT2D eigenvalue weighted by Crippen LogP contribution is -2.08. The zero-order chi connectivity index (χ0) is 15.5. The summed E-state index contributed by atoms with van der Waals surface area (Å²) in [5.74, 6) is -0.106. The highest BCUT2D eigenvalue weighted by Crippen LogP contribution is 2.23. The molecule has 2 aromatic carbocycles. The number of hydrogen-bond acceptors (Lipinski definition) is 4. The van der Waals surface area contributed by atoms with Crippen LogP contribution >= 0.6 is 27.7 Å². The molecule has 2 N–H and O–H groups in total. The monoisotopic (exact) mass is 389 g/mol. The average Bonchev–Trinajstić information content (AvgIpc) is 2.37. The number of nitrogen functional groups attached to an aromatic ring is 1. The standard InChI is InChI=1S/C14H13BrFNO2S2/c15-10-1-3-14(4-2-10)21(18,19)6-5-20-13-8-11(16)7-12(17)9-13/h1-4,7-9H,5-6,17H2. The van der Waals surface area contributed by atoms with E-state index in [4.69, 9.17) is 5.73 Å². The van der Waals surface area contributed by atoms with Gasteiger partial charge in [-0.05, 0) is 42.5 Å². The summed E-state index contributed by atoms with van der Waals surface area (Å²) in [6.07, 6.45) is 0. The van der Waals surface area contributed by atoms with Crippen molar-refractivity contribution >= 4 is 43.2 Å². The van der Waals surface area contributed by atoms with Gasteiger partial charge in [-0.15, -0.1) is 11.8 Å². The van der Waals surface area contributed by atoms with Gasteiger partial charge >= 0.3 is 0 Å². The minimum absolute atomic E-state index is 0.0181. The predicted molar refractivity (Wildman–Crippen MR) is 87.7 cm³/mol. The van der Waals surface area contributed by atoms with Gasteiger partial charge in [-0.3, -0.25) is 0 Å². The second-order valence-electron chi connectivity index (χ2n) is 4.34. The summed E-state index contributed by atoms with van der Waals surface area (Å²) < 4.78 is 38.3. The first-order valence-electron chi connectivity index (χ1n) is 6.04. The number of anilines is 1. The average molecular weight is 390 g/mol. The predicted octanol–water partition coefficient (Wildman–Crippen LogP) is 3.74. The van der Waals surface area contributed by atoms with Gasteiger partial charge < -0.3 is 5.73 Å². The zero-order valence-corrected chi connectivity index (χ0v) is 14.1. The molecule has 0 fully saturated rings. The van der Waals surface area contributed by atoms with Crippen LogP contribution in [0.1, 0.15) is 0 Å². The van der Waals surface area contributed by atoms with Crippen LogP contribution in [0.2, 0.25) is 0 Å². The molecule has 7 heteroatoms. The van der Waals surface area contributed by atoms with Gasteiger partial charge in [0.15, 0.2) is 9.84 Å². The number of halogens is 2. The van der Waals surface area contributed by atoms with Gasteiger partial charge in [-0.25, -0.2) is 12.8 Å². The van der Waals surface area contributed by atoms with Crippen LogP contribution in [0.3, 0.4) is 0 Å². The minimum Gasteiger partial charge on any atom is -0.399 e. The van der Waals surface area contributed by atoms with Crippen LogP contribution < -0.4 is 5.73 Å². The summed E-state index contributed by atoms with van der Waals surface area (Å²) in [4.78, 5) is 0.906. The van der Waals surface area contributed by atoms with Crippen LogP contribution in [0.15, 0.2) is 56.7 Å². The lowest BCUT2D eigenvalue weighted by Gasteiger charge is -2.06. The highest BCUT2D eigenvalue weighted by molar-refractivity contribution is 9.10. The van der Waals surface area contributed by atoms with E-state index in [1.54, 1.807) is 30.3 Å². The number of thioether (sulfide) groups is 1. The van der Waals surface area contributed by atoms with E-state index in [0.717, 1.165) is 4.47 Å². The number of benzene rings is 2. The molecule has 0 aliphatic rings.